The van der Waals surface area contributed by atoms with Gasteiger partial charge in [0.2, 0.25) is 0 Å². The van der Waals surface area contributed by atoms with Crippen LogP contribution in [0, 0.1) is 0 Å². The lowest BCUT2D eigenvalue weighted by Gasteiger charge is -2.35. The Bertz CT molecular complexity index is 597. The maximum atomic E-state index is 12.2. The normalized spacial score (nSPS) is 18.1. The molecule has 1 aliphatic rings. The average Bonchev–Trinajstić information content (AvgIpc) is 3.00. The summed E-state index contributed by atoms with van der Waals surface area (Å²) in [6.07, 6.45) is 2.34. The first kappa shape index (κ1) is 20.7. The van der Waals surface area contributed by atoms with Crippen LogP contribution >= 0.6 is 35.3 Å². The van der Waals surface area contributed by atoms with Gasteiger partial charge in [-0.15, -0.1) is 24.0 Å². The van der Waals surface area contributed by atoms with Gasteiger partial charge >= 0.3 is 0 Å². The van der Waals surface area contributed by atoms with Gasteiger partial charge in [0.15, 0.2) is 15.8 Å². The van der Waals surface area contributed by atoms with Crippen molar-refractivity contribution in [2.75, 3.05) is 33.1 Å². The lowest BCUT2D eigenvalue weighted by Crippen LogP contribution is -2.53. The largest absolute Gasteiger partial charge is 0.381 e. The second-order valence-electron chi connectivity index (χ2n) is 5.48. The summed E-state index contributed by atoms with van der Waals surface area (Å²) in [5.74, 6) is 0.612. The molecular weight excluding hydrogens is 449 g/mol. The first-order chi connectivity index (χ1) is 10.5. The minimum atomic E-state index is -3.17. The second kappa shape index (κ2) is 9.19. The van der Waals surface area contributed by atoms with Gasteiger partial charge in [-0.25, -0.2) is 8.42 Å². The number of hydrogen-bond acceptors (Lipinski definition) is 5. The van der Waals surface area contributed by atoms with Crippen molar-refractivity contribution in [3.05, 3.63) is 22.4 Å². The van der Waals surface area contributed by atoms with Gasteiger partial charge in [-0.1, -0.05) is 0 Å². The summed E-state index contributed by atoms with van der Waals surface area (Å²) in [7, 11) is -1.49. The van der Waals surface area contributed by atoms with Crippen LogP contribution in [0.1, 0.15) is 18.4 Å². The van der Waals surface area contributed by atoms with Crippen LogP contribution in [0.25, 0.3) is 0 Å². The van der Waals surface area contributed by atoms with E-state index in [9.17, 15) is 8.42 Å². The average molecular weight is 473 g/mol. The molecule has 0 aromatic carbocycles. The number of hydrogen-bond donors (Lipinski definition) is 2. The van der Waals surface area contributed by atoms with Gasteiger partial charge < -0.3 is 15.4 Å². The first-order valence-electron chi connectivity index (χ1n) is 7.20. The molecule has 6 nitrogen and oxygen atoms in total. The number of sulfone groups is 1. The van der Waals surface area contributed by atoms with E-state index in [1.165, 1.54) is 11.8 Å². The lowest BCUT2D eigenvalue weighted by molar-refractivity contribution is 0.0756. The monoisotopic (exact) mass is 473 g/mol. The number of aliphatic imine (C=N–C) groups is 1. The van der Waals surface area contributed by atoms with Gasteiger partial charge in [0.1, 0.15) is 0 Å². The van der Waals surface area contributed by atoms with E-state index in [2.05, 4.69) is 21.0 Å². The molecule has 2 heterocycles. The van der Waals surface area contributed by atoms with E-state index in [0.29, 0.717) is 45.1 Å². The Hall–Kier alpha value is -0.390. The van der Waals surface area contributed by atoms with Gasteiger partial charge in [-0.05, 0) is 35.2 Å². The fourth-order valence-electron chi connectivity index (χ4n) is 2.47. The smallest absolute Gasteiger partial charge is 0.191 e. The second-order valence-corrected chi connectivity index (χ2v) is 8.67. The summed E-state index contributed by atoms with van der Waals surface area (Å²) in [5.41, 5.74) is 1.18. The molecule has 132 valence electrons. The van der Waals surface area contributed by atoms with E-state index >= 15 is 0 Å². The van der Waals surface area contributed by atoms with Crippen LogP contribution in [0.15, 0.2) is 21.8 Å². The maximum absolute atomic E-state index is 12.2. The molecule has 0 aliphatic carbocycles. The summed E-state index contributed by atoms with van der Waals surface area (Å²) in [6.45, 7) is 1.97. The zero-order valence-corrected chi connectivity index (χ0v) is 17.3. The predicted molar refractivity (Wildman–Crippen MR) is 106 cm³/mol. The summed E-state index contributed by atoms with van der Waals surface area (Å²) in [4.78, 5) is 4.16. The SMILES string of the molecule is CN=C(NCc1ccsc1)NCC1(S(C)(=O)=O)CCOCC1.I. The standard InChI is InChI=1S/C14H23N3O3S2.HI/c1-15-13(16-9-12-3-8-21-10-12)17-11-14(22(2,18)19)4-6-20-7-5-14;/h3,8,10H,4-7,9,11H2,1-2H3,(H2,15,16,17);1H. The molecule has 1 aromatic rings. The van der Waals surface area contributed by atoms with E-state index in [1.807, 2.05) is 11.4 Å². The number of thiophene rings is 1. The number of rotatable bonds is 5. The van der Waals surface area contributed by atoms with Crippen molar-refractivity contribution in [3.8, 4) is 0 Å². The van der Waals surface area contributed by atoms with Crippen molar-refractivity contribution >= 4 is 51.1 Å². The van der Waals surface area contributed by atoms with Gasteiger partial charge in [0.25, 0.3) is 0 Å². The van der Waals surface area contributed by atoms with Gasteiger partial charge in [-0.2, -0.15) is 11.3 Å². The van der Waals surface area contributed by atoms with Gasteiger partial charge in [0, 0.05) is 39.6 Å². The molecule has 2 rings (SSSR count). The van der Waals surface area contributed by atoms with E-state index in [0.717, 1.165) is 0 Å². The molecule has 0 amide bonds. The number of guanidine groups is 1. The molecular formula is C14H24IN3O3S2. The molecule has 0 bridgehead atoms. The quantitative estimate of drug-likeness (QED) is 0.386. The first-order valence-corrected chi connectivity index (χ1v) is 10.0. The zero-order chi connectivity index (χ0) is 16.1. The molecule has 0 radical (unpaired) electrons. The van der Waals surface area contributed by atoms with E-state index in [4.69, 9.17) is 4.74 Å². The van der Waals surface area contributed by atoms with Crippen LogP contribution in [-0.4, -0.2) is 52.2 Å². The van der Waals surface area contributed by atoms with Crippen molar-refractivity contribution < 1.29 is 13.2 Å². The molecule has 0 atom stereocenters. The summed E-state index contributed by atoms with van der Waals surface area (Å²) >= 11 is 1.64. The Morgan fingerprint density at radius 3 is 2.61 bits per heavy atom. The Labute approximate surface area is 159 Å². The van der Waals surface area contributed by atoms with Crippen molar-refractivity contribution in [1.29, 1.82) is 0 Å². The van der Waals surface area contributed by atoms with Crippen LogP contribution in [-0.2, 0) is 21.1 Å². The molecule has 1 fully saturated rings. The number of ether oxygens (including phenoxy) is 1. The lowest BCUT2D eigenvalue weighted by atomic mass is 9.99. The Morgan fingerprint density at radius 1 is 1.39 bits per heavy atom. The number of nitrogens with zero attached hydrogens (tertiary/aromatic N) is 1. The van der Waals surface area contributed by atoms with Crippen LogP contribution in [0.5, 0.6) is 0 Å². The summed E-state index contributed by atoms with van der Waals surface area (Å²) in [6, 6.07) is 2.04. The number of halogens is 1. The molecule has 1 aromatic heterocycles. The van der Waals surface area contributed by atoms with Crippen LogP contribution in [0.2, 0.25) is 0 Å². The molecule has 0 saturated carbocycles. The fourth-order valence-corrected chi connectivity index (χ4v) is 4.38. The third-order valence-corrected chi connectivity index (χ3v) is 6.89. The number of nitrogens with one attached hydrogen (secondary N) is 2. The predicted octanol–water partition coefficient (Wildman–Crippen LogP) is 1.62. The van der Waals surface area contributed by atoms with Crippen LogP contribution < -0.4 is 10.6 Å². The van der Waals surface area contributed by atoms with Crippen molar-refractivity contribution in [1.82, 2.24) is 10.6 Å². The Kier molecular flexibility index (Phi) is 8.25. The minimum Gasteiger partial charge on any atom is -0.381 e. The van der Waals surface area contributed by atoms with Gasteiger partial charge in [-0.3, -0.25) is 4.99 Å². The summed E-state index contributed by atoms with van der Waals surface area (Å²) in [5, 5.41) is 10.4. The molecule has 0 unspecified atom stereocenters. The third-order valence-electron chi connectivity index (χ3n) is 4.03. The van der Waals surface area contributed by atoms with E-state index in [-0.39, 0.29) is 24.0 Å². The third kappa shape index (κ3) is 5.57. The van der Waals surface area contributed by atoms with Crippen LogP contribution in [0.4, 0.5) is 0 Å². The van der Waals surface area contributed by atoms with Crippen molar-refractivity contribution in [3.63, 3.8) is 0 Å². The maximum Gasteiger partial charge on any atom is 0.191 e. The van der Waals surface area contributed by atoms with E-state index < -0.39 is 14.6 Å². The van der Waals surface area contributed by atoms with E-state index in [1.54, 1.807) is 18.4 Å². The molecule has 1 aliphatic heterocycles. The molecule has 9 heteroatoms. The topological polar surface area (TPSA) is 79.8 Å². The molecule has 0 spiro atoms. The fraction of sp³-hybridized carbons (Fsp3) is 0.643. The Morgan fingerprint density at radius 2 is 2.09 bits per heavy atom. The minimum absolute atomic E-state index is 0. The molecule has 1 saturated heterocycles. The summed E-state index contributed by atoms with van der Waals surface area (Å²) < 4.78 is 28.9. The highest BCUT2D eigenvalue weighted by molar-refractivity contribution is 14.0. The van der Waals surface area contributed by atoms with Crippen LogP contribution in [0.3, 0.4) is 0 Å². The highest BCUT2D eigenvalue weighted by Crippen LogP contribution is 2.28. The highest BCUT2D eigenvalue weighted by Gasteiger charge is 2.42. The van der Waals surface area contributed by atoms with Gasteiger partial charge in [0.05, 0.1) is 4.75 Å². The van der Waals surface area contributed by atoms with Crippen molar-refractivity contribution in [2.24, 2.45) is 4.99 Å². The highest BCUT2D eigenvalue weighted by atomic mass is 127. The van der Waals surface area contributed by atoms with Crippen molar-refractivity contribution in [2.45, 2.75) is 24.1 Å². The molecule has 2 N–H and O–H groups in total. The zero-order valence-electron chi connectivity index (χ0n) is 13.4. The molecule has 23 heavy (non-hydrogen) atoms. The Balaban J connectivity index is 0.00000264.